The molecule has 3 rings (SSSR count). The highest BCUT2D eigenvalue weighted by atomic mass is 32.1. The van der Waals surface area contributed by atoms with Crippen LogP contribution in [0.2, 0.25) is 0 Å². The number of guanidine groups is 1. The molecular formula is C12H11N3OS2. The Kier molecular flexibility index (Phi) is 2.89. The molecular weight excluding hydrogens is 266 g/mol. The number of hydrogen-bond acceptors (Lipinski definition) is 5. The van der Waals surface area contributed by atoms with Crippen LogP contribution in [-0.2, 0) is 4.79 Å². The zero-order valence-corrected chi connectivity index (χ0v) is 11.1. The average Bonchev–Trinajstić information content (AvgIpc) is 3.08. The van der Waals surface area contributed by atoms with Gasteiger partial charge in [0.05, 0.1) is 6.54 Å². The second kappa shape index (κ2) is 4.55. The number of nitrogens with zero attached hydrogens (tertiary/aromatic N) is 2. The molecule has 3 heterocycles. The van der Waals surface area contributed by atoms with Crippen LogP contribution >= 0.6 is 22.7 Å². The predicted octanol–water partition coefficient (Wildman–Crippen LogP) is 2.30. The van der Waals surface area contributed by atoms with Crippen LogP contribution in [0.3, 0.4) is 0 Å². The molecule has 0 spiro atoms. The van der Waals surface area contributed by atoms with Crippen molar-refractivity contribution in [3.63, 3.8) is 0 Å². The molecule has 0 fully saturated rings. The summed E-state index contributed by atoms with van der Waals surface area (Å²) in [6.07, 6.45) is 0.728. The molecule has 1 aliphatic heterocycles. The summed E-state index contributed by atoms with van der Waals surface area (Å²) < 4.78 is 0. The molecule has 1 atom stereocenters. The molecule has 0 saturated heterocycles. The van der Waals surface area contributed by atoms with E-state index >= 15 is 0 Å². The molecule has 2 aromatic heterocycles. The lowest BCUT2D eigenvalue weighted by molar-refractivity contribution is -0.114. The quantitative estimate of drug-likeness (QED) is 0.875. The highest BCUT2D eigenvalue weighted by molar-refractivity contribution is 7.10. The fourth-order valence-corrected chi connectivity index (χ4v) is 3.52. The van der Waals surface area contributed by atoms with Gasteiger partial charge in [0.2, 0.25) is 6.41 Å². The number of carbonyl (C=O) groups is 1. The number of hydrogen-bond donors (Lipinski definition) is 1. The van der Waals surface area contributed by atoms with Crippen LogP contribution in [0.4, 0.5) is 0 Å². The Labute approximate surface area is 112 Å². The van der Waals surface area contributed by atoms with Gasteiger partial charge in [-0.3, -0.25) is 9.69 Å². The Balaban J connectivity index is 1.85. The van der Waals surface area contributed by atoms with Gasteiger partial charge in [0, 0.05) is 4.88 Å². The monoisotopic (exact) mass is 277 g/mol. The van der Waals surface area contributed by atoms with E-state index in [0.29, 0.717) is 12.5 Å². The number of rotatable bonds is 3. The first-order valence-corrected chi connectivity index (χ1v) is 7.26. The van der Waals surface area contributed by atoms with E-state index in [-0.39, 0.29) is 6.04 Å². The zero-order chi connectivity index (χ0) is 12.5. The molecule has 1 aliphatic rings. The molecule has 1 amide bonds. The molecule has 0 aromatic carbocycles. The number of carbonyl (C=O) groups excluding carboxylic acids is 1. The standard InChI is InChI=1S/C12H11N3OS2/c13-12-14-10(4-15(12)7-16)11-3-9(6-18-11)8-1-2-17-5-8/h1-3,5-7,10H,4H2,(H2,13,14). The second-order valence-corrected chi connectivity index (χ2v) is 5.73. The highest BCUT2D eigenvalue weighted by Gasteiger charge is 2.25. The van der Waals surface area contributed by atoms with Gasteiger partial charge in [0.25, 0.3) is 0 Å². The van der Waals surface area contributed by atoms with Gasteiger partial charge in [0.15, 0.2) is 5.96 Å². The topological polar surface area (TPSA) is 58.7 Å². The van der Waals surface area contributed by atoms with Crippen molar-refractivity contribution in [1.82, 2.24) is 4.90 Å². The minimum absolute atomic E-state index is 0.0208. The smallest absolute Gasteiger partial charge is 0.216 e. The van der Waals surface area contributed by atoms with E-state index in [4.69, 9.17) is 5.73 Å². The SMILES string of the molecule is NC1=NC(c2cc(-c3ccsc3)cs2)CN1C=O. The molecule has 18 heavy (non-hydrogen) atoms. The van der Waals surface area contributed by atoms with Crippen molar-refractivity contribution < 1.29 is 4.79 Å². The average molecular weight is 277 g/mol. The molecule has 1 unspecified atom stereocenters. The molecule has 0 saturated carbocycles. The molecule has 6 heteroatoms. The Morgan fingerprint density at radius 1 is 1.44 bits per heavy atom. The summed E-state index contributed by atoms with van der Waals surface area (Å²) in [5.41, 5.74) is 8.10. The van der Waals surface area contributed by atoms with E-state index in [0.717, 1.165) is 11.3 Å². The van der Waals surface area contributed by atoms with Gasteiger partial charge in [0.1, 0.15) is 6.04 Å². The van der Waals surface area contributed by atoms with Crippen molar-refractivity contribution in [2.45, 2.75) is 6.04 Å². The summed E-state index contributed by atoms with van der Waals surface area (Å²) in [6.45, 7) is 0.541. The van der Waals surface area contributed by atoms with Crippen LogP contribution in [0.25, 0.3) is 11.1 Å². The fraction of sp³-hybridized carbons (Fsp3) is 0.167. The van der Waals surface area contributed by atoms with Gasteiger partial charge in [-0.25, -0.2) is 4.99 Å². The zero-order valence-electron chi connectivity index (χ0n) is 9.45. The first kappa shape index (κ1) is 11.4. The minimum Gasteiger partial charge on any atom is -0.369 e. The first-order valence-electron chi connectivity index (χ1n) is 5.44. The Morgan fingerprint density at radius 2 is 2.33 bits per heavy atom. The number of aliphatic imine (C=N–C) groups is 1. The normalized spacial score (nSPS) is 19.0. The van der Waals surface area contributed by atoms with E-state index in [1.54, 1.807) is 22.7 Å². The Bertz CT molecular complexity index is 588. The number of amides is 1. The molecule has 2 aromatic rings. The molecule has 0 bridgehead atoms. The summed E-state index contributed by atoms with van der Waals surface area (Å²) in [5, 5.41) is 6.30. The van der Waals surface area contributed by atoms with Gasteiger partial charge < -0.3 is 5.73 Å². The summed E-state index contributed by atoms with van der Waals surface area (Å²) in [7, 11) is 0. The van der Waals surface area contributed by atoms with Crippen LogP contribution in [-0.4, -0.2) is 23.8 Å². The molecule has 0 aliphatic carbocycles. The maximum absolute atomic E-state index is 10.8. The van der Waals surface area contributed by atoms with E-state index in [2.05, 4.69) is 33.3 Å². The third-order valence-electron chi connectivity index (χ3n) is 2.88. The molecule has 92 valence electrons. The largest absolute Gasteiger partial charge is 0.369 e. The Morgan fingerprint density at radius 3 is 3.00 bits per heavy atom. The van der Waals surface area contributed by atoms with Gasteiger partial charge in [-0.1, -0.05) is 0 Å². The number of thiophene rings is 2. The Hall–Kier alpha value is -1.66. The van der Waals surface area contributed by atoms with Crippen molar-refractivity contribution in [3.05, 3.63) is 33.2 Å². The van der Waals surface area contributed by atoms with Crippen LogP contribution in [0.5, 0.6) is 0 Å². The first-order chi connectivity index (χ1) is 8.78. The van der Waals surface area contributed by atoms with E-state index < -0.39 is 0 Å². The maximum atomic E-state index is 10.8. The number of nitrogens with two attached hydrogens (primary N) is 1. The van der Waals surface area contributed by atoms with Crippen molar-refractivity contribution >= 4 is 35.0 Å². The van der Waals surface area contributed by atoms with E-state index in [1.807, 2.05) is 0 Å². The lowest BCUT2D eigenvalue weighted by Crippen LogP contribution is -2.32. The lowest BCUT2D eigenvalue weighted by atomic mass is 10.1. The van der Waals surface area contributed by atoms with Gasteiger partial charge >= 0.3 is 0 Å². The second-order valence-electron chi connectivity index (χ2n) is 4.01. The third-order valence-corrected chi connectivity index (χ3v) is 4.60. The van der Waals surface area contributed by atoms with E-state index in [1.165, 1.54) is 16.0 Å². The van der Waals surface area contributed by atoms with Crippen LogP contribution in [0, 0.1) is 0 Å². The third kappa shape index (κ3) is 1.93. The van der Waals surface area contributed by atoms with Crippen LogP contribution < -0.4 is 5.73 Å². The van der Waals surface area contributed by atoms with E-state index in [9.17, 15) is 4.79 Å². The van der Waals surface area contributed by atoms with Crippen molar-refractivity contribution in [2.24, 2.45) is 10.7 Å². The lowest BCUT2D eigenvalue weighted by Gasteiger charge is -2.08. The van der Waals surface area contributed by atoms with Gasteiger partial charge in [-0.2, -0.15) is 11.3 Å². The molecule has 4 nitrogen and oxygen atoms in total. The molecule has 2 N–H and O–H groups in total. The summed E-state index contributed by atoms with van der Waals surface area (Å²) in [4.78, 5) is 17.6. The van der Waals surface area contributed by atoms with Crippen LogP contribution in [0.15, 0.2) is 33.3 Å². The van der Waals surface area contributed by atoms with Crippen molar-refractivity contribution in [1.29, 1.82) is 0 Å². The van der Waals surface area contributed by atoms with Gasteiger partial charge in [-0.15, -0.1) is 11.3 Å². The van der Waals surface area contributed by atoms with Crippen LogP contribution in [0.1, 0.15) is 10.9 Å². The van der Waals surface area contributed by atoms with Gasteiger partial charge in [-0.05, 0) is 39.4 Å². The highest BCUT2D eigenvalue weighted by Crippen LogP contribution is 2.33. The fourth-order valence-electron chi connectivity index (χ4n) is 1.91. The minimum atomic E-state index is -0.0208. The van der Waals surface area contributed by atoms with Crippen molar-refractivity contribution in [3.8, 4) is 11.1 Å². The summed E-state index contributed by atoms with van der Waals surface area (Å²) in [5.74, 6) is 0.306. The van der Waals surface area contributed by atoms with Crippen molar-refractivity contribution in [2.75, 3.05) is 6.54 Å². The molecule has 0 radical (unpaired) electrons. The summed E-state index contributed by atoms with van der Waals surface area (Å²) in [6, 6.07) is 4.20. The maximum Gasteiger partial charge on any atom is 0.216 e. The predicted molar refractivity (Wildman–Crippen MR) is 74.8 cm³/mol. The summed E-state index contributed by atoms with van der Waals surface area (Å²) >= 11 is 3.34.